The summed E-state index contributed by atoms with van der Waals surface area (Å²) in [5.74, 6) is -2.28. The first-order chi connectivity index (χ1) is 17.4. The fourth-order valence-electron chi connectivity index (χ4n) is 3.67. The van der Waals surface area contributed by atoms with Gasteiger partial charge in [-0.25, -0.2) is 4.79 Å². The largest absolute Gasteiger partial charge is 0.508 e. The zero-order chi connectivity index (χ0) is 28.1. The van der Waals surface area contributed by atoms with Gasteiger partial charge in [-0.1, -0.05) is 46.2 Å². The number of phenols is 1. The lowest BCUT2D eigenvalue weighted by atomic mass is 9.96. The third-order valence-corrected chi connectivity index (χ3v) is 6.73. The molecule has 7 N–H and O–H groups in total. The van der Waals surface area contributed by atoms with Crippen molar-refractivity contribution < 1.29 is 29.4 Å². The van der Waals surface area contributed by atoms with Crippen molar-refractivity contribution in [2.45, 2.75) is 77.5 Å². The van der Waals surface area contributed by atoms with E-state index in [2.05, 4.69) is 16.0 Å². The fraction of sp³-hybridized carbons (Fsp3) is 0.615. The number of rotatable bonds is 16. The Morgan fingerprint density at radius 1 is 0.946 bits per heavy atom. The van der Waals surface area contributed by atoms with Crippen molar-refractivity contribution in [1.29, 1.82) is 0 Å². The van der Waals surface area contributed by atoms with E-state index in [-0.39, 0.29) is 30.4 Å². The fourth-order valence-corrected chi connectivity index (χ4v) is 4.14. The van der Waals surface area contributed by atoms with E-state index in [1.165, 1.54) is 23.9 Å². The molecular weight excluding hydrogens is 496 g/mol. The zero-order valence-corrected chi connectivity index (χ0v) is 23.1. The number of phenolic OH excluding ortho intramolecular Hbond substituents is 1. The highest BCUT2D eigenvalue weighted by Crippen LogP contribution is 2.13. The molecule has 11 heteroatoms. The SMILES string of the molecule is CCC(C)C(NC(=O)C(N)Cc1ccc(O)cc1)C(=O)NC(CCSC)C(=O)NC(CC(C)C)C(=O)O. The van der Waals surface area contributed by atoms with Crippen LogP contribution in [-0.4, -0.2) is 70.1 Å². The molecular formula is C26H42N4O6S. The first kappa shape index (κ1) is 32.2. The molecule has 0 aliphatic heterocycles. The van der Waals surface area contributed by atoms with Gasteiger partial charge in [0.25, 0.3) is 0 Å². The molecule has 0 radical (unpaired) electrons. The van der Waals surface area contributed by atoms with E-state index >= 15 is 0 Å². The van der Waals surface area contributed by atoms with Gasteiger partial charge in [-0.15, -0.1) is 0 Å². The van der Waals surface area contributed by atoms with Crippen LogP contribution in [0.4, 0.5) is 0 Å². The number of carboxylic acids is 1. The average Bonchev–Trinajstić information content (AvgIpc) is 2.84. The first-order valence-corrected chi connectivity index (χ1v) is 13.9. The third-order valence-electron chi connectivity index (χ3n) is 6.09. The van der Waals surface area contributed by atoms with Gasteiger partial charge in [0.2, 0.25) is 17.7 Å². The summed E-state index contributed by atoms with van der Waals surface area (Å²) in [6.07, 6.45) is 3.23. The summed E-state index contributed by atoms with van der Waals surface area (Å²) in [5, 5.41) is 26.9. The van der Waals surface area contributed by atoms with Crippen molar-refractivity contribution >= 4 is 35.5 Å². The Hall–Kier alpha value is -2.79. The van der Waals surface area contributed by atoms with Crippen LogP contribution in [0, 0.1) is 11.8 Å². The number of hydrogen-bond donors (Lipinski definition) is 6. The average molecular weight is 539 g/mol. The highest BCUT2D eigenvalue weighted by Gasteiger charge is 2.32. The smallest absolute Gasteiger partial charge is 0.326 e. The second-order valence-corrected chi connectivity index (χ2v) is 10.7. The molecule has 0 aliphatic carbocycles. The Balaban J connectivity index is 2.97. The number of hydrogen-bond acceptors (Lipinski definition) is 7. The van der Waals surface area contributed by atoms with E-state index in [9.17, 15) is 29.4 Å². The standard InChI is InChI=1S/C26H42N4O6S/c1-6-16(4)22(30-23(32)19(27)14-17-7-9-18(31)10-8-17)25(34)28-20(11-12-37-5)24(33)29-21(26(35)36)13-15(2)3/h7-10,15-16,19-22,31H,6,11-14,27H2,1-5H3,(H,28,34)(H,29,33)(H,30,32)(H,35,36). The summed E-state index contributed by atoms with van der Waals surface area (Å²) >= 11 is 1.50. The molecule has 5 unspecified atom stereocenters. The number of benzene rings is 1. The van der Waals surface area contributed by atoms with Crippen LogP contribution in [0.2, 0.25) is 0 Å². The lowest BCUT2D eigenvalue weighted by Crippen LogP contribution is -2.59. The number of nitrogens with two attached hydrogens (primary N) is 1. The van der Waals surface area contributed by atoms with Crippen molar-refractivity contribution in [3.8, 4) is 5.75 Å². The molecule has 0 bridgehead atoms. The number of aromatic hydroxyl groups is 1. The molecule has 3 amide bonds. The molecule has 10 nitrogen and oxygen atoms in total. The van der Waals surface area contributed by atoms with Crippen LogP contribution in [0.5, 0.6) is 5.75 Å². The van der Waals surface area contributed by atoms with Gasteiger partial charge < -0.3 is 31.9 Å². The maximum absolute atomic E-state index is 13.3. The summed E-state index contributed by atoms with van der Waals surface area (Å²) in [4.78, 5) is 50.7. The van der Waals surface area contributed by atoms with Crippen LogP contribution in [0.25, 0.3) is 0 Å². The van der Waals surface area contributed by atoms with Crippen molar-refractivity contribution in [3.05, 3.63) is 29.8 Å². The Kier molecular flexibility index (Phi) is 14.1. The van der Waals surface area contributed by atoms with E-state index in [1.54, 1.807) is 12.1 Å². The third kappa shape index (κ3) is 11.4. The Morgan fingerprint density at radius 3 is 2.05 bits per heavy atom. The quantitative estimate of drug-likeness (QED) is 0.184. The number of carboxylic acid groups (broad SMARTS) is 1. The van der Waals surface area contributed by atoms with Crippen molar-refractivity contribution in [3.63, 3.8) is 0 Å². The summed E-state index contributed by atoms with van der Waals surface area (Å²) < 4.78 is 0. The van der Waals surface area contributed by atoms with Crippen molar-refractivity contribution in [1.82, 2.24) is 16.0 Å². The van der Waals surface area contributed by atoms with E-state index in [4.69, 9.17) is 5.73 Å². The molecule has 0 saturated heterocycles. The van der Waals surface area contributed by atoms with Crippen LogP contribution in [-0.2, 0) is 25.6 Å². The molecule has 0 spiro atoms. The van der Waals surface area contributed by atoms with Gasteiger partial charge in [0, 0.05) is 0 Å². The van der Waals surface area contributed by atoms with Gasteiger partial charge >= 0.3 is 5.97 Å². The summed E-state index contributed by atoms with van der Waals surface area (Å²) in [6.45, 7) is 7.42. The van der Waals surface area contributed by atoms with Crippen LogP contribution in [0.1, 0.15) is 52.5 Å². The van der Waals surface area contributed by atoms with Gasteiger partial charge in [-0.3, -0.25) is 14.4 Å². The van der Waals surface area contributed by atoms with Gasteiger partial charge in [0.05, 0.1) is 6.04 Å². The highest BCUT2D eigenvalue weighted by molar-refractivity contribution is 7.98. The van der Waals surface area contributed by atoms with Crippen LogP contribution in [0.3, 0.4) is 0 Å². The normalized spacial score (nSPS) is 15.2. The predicted molar refractivity (Wildman–Crippen MR) is 145 cm³/mol. The monoisotopic (exact) mass is 538 g/mol. The van der Waals surface area contributed by atoms with Gasteiger partial charge in [-0.2, -0.15) is 11.8 Å². The van der Waals surface area contributed by atoms with Crippen molar-refractivity contribution in [2.75, 3.05) is 12.0 Å². The van der Waals surface area contributed by atoms with Crippen LogP contribution < -0.4 is 21.7 Å². The number of amides is 3. The zero-order valence-electron chi connectivity index (χ0n) is 22.3. The van der Waals surface area contributed by atoms with Gasteiger partial charge in [-0.05, 0) is 60.8 Å². The topological polar surface area (TPSA) is 171 Å². The van der Waals surface area contributed by atoms with E-state index in [1.807, 2.05) is 34.0 Å². The number of carbonyl (C=O) groups excluding carboxylic acids is 3. The molecule has 1 aromatic carbocycles. The molecule has 208 valence electrons. The summed E-state index contributed by atoms with van der Waals surface area (Å²) in [7, 11) is 0. The molecule has 0 fully saturated rings. The van der Waals surface area contributed by atoms with Crippen LogP contribution >= 0.6 is 11.8 Å². The Morgan fingerprint density at radius 2 is 1.54 bits per heavy atom. The predicted octanol–water partition coefficient (Wildman–Crippen LogP) is 1.65. The summed E-state index contributed by atoms with van der Waals surface area (Å²) in [5.41, 5.74) is 6.84. The van der Waals surface area contributed by atoms with Gasteiger partial charge in [0.15, 0.2) is 0 Å². The summed E-state index contributed by atoms with van der Waals surface area (Å²) in [6, 6.07) is 2.47. The maximum Gasteiger partial charge on any atom is 0.326 e. The molecule has 0 aliphatic rings. The minimum absolute atomic E-state index is 0.0522. The first-order valence-electron chi connectivity index (χ1n) is 12.6. The molecule has 0 aromatic heterocycles. The minimum Gasteiger partial charge on any atom is -0.508 e. The number of nitrogens with one attached hydrogen (secondary N) is 3. The molecule has 0 heterocycles. The minimum atomic E-state index is -1.13. The molecule has 1 aromatic rings. The Bertz CT molecular complexity index is 896. The van der Waals surface area contributed by atoms with Gasteiger partial charge in [0.1, 0.15) is 23.9 Å². The lowest BCUT2D eigenvalue weighted by molar-refractivity contribution is -0.142. The van der Waals surface area contributed by atoms with E-state index in [0.717, 1.165) is 5.56 Å². The molecule has 37 heavy (non-hydrogen) atoms. The number of carbonyl (C=O) groups is 4. The molecule has 0 saturated carbocycles. The van der Waals surface area contributed by atoms with Crippen LogP contribution in [0.15, 0.2) is 24.3 Å². The van der Waals surface area contributed by atoms with E-state index < -0.39 is 47.9 Å². The number of thioether (sulfide) groups is 1. The van der Waals surface area contributed by atoms with E-state index in [0.29, 0.717) is 18.6 Å². The Labute approximate surface area is 223 Å². The second kappa shape index (κ2) is 16.1. The second-order valence-electron chi connectivity index (χ2n) is 9.72. The highest BCUT2D eigenvalue weighted by atomic mass is 32.2. The molecule has 5 atom stereocenters. The maximum atomic E-state index is 13.3. The van der Waals surface area contributed by atoms with Crippen molar-refractivity contribution in [2.24, 2.45) is 17.6 Å². The lowest BCUT2D eigenvalue weighted by Gasteiger charge is -2.28. The molecule has 1 rings (SSSR count). The number of aliphatic carboxylic acids is 1.